The average molecular weight is 391 g/mol. The fraction of sp³-hybridized carbons (Fsp3) is 0.0909. The van der Waals surface area contributed by atoms with Crippen LogP contribution in [0.2, 0.25) is 0 Å². The summed E-state index contributed by atoms with van der Waals surface area (Å²) in [4.78, 5) is 12.6. The van der Waals surface area contributed by atoms with Gasteiger partial charge in [0.15, 0.2) is 5.82 Å². The van der Waals surface area contributed by atoms with Crippen molar-refractivity contribution in [3.05, 3.63) is 72.0 Å². The van der Waals surface area contributed by atoms with Crippen LogP contribution in [0.15, 0.2) is 60.7 Å². The van der Waals surface area contributed by atoms with E-state index >= 15 is 0 Å². The number of aromatic amines is 1. The van der Waals surface area contributed by atoms with E-state index in [0.29, 0.717) is 34.0 Å². The highest BCUT2D eigenvalue weighted by Gasteiger charge is 2.16. The van der Waals surface area contributed by atoms with Gasteiger partial charge in [-0.05, 0) is 48.0 Å². The number of carbonyl (C=O) groups is 1. The van der Waals surface area contributed by atoms with Crippen LogP contribution in [0.4, 0.5) is 10.2 Å². The van der Waals surface area contributed by atoms with Gasteiger partial charge in [0.25, 0.3) is 5.91 Å². The van der Waals surface area contributed by atoms with Crippen LogP contribution in [0.3, 0.4) is 0 Å². The molecule has 7 heteroatoms. The van der Waals surface area contributed by atoms with Gasteiger partial charge in [-0.15, -0.1) is 0 Å². The van der Waals surface area contributed by atoms with Crippen molar-refractivity contribution in [1.82, 2.24) is 10.2 Å². The molecule has 1 amide bonds. The number of benzene rings is 3. The van der Waals surface area contributed by atoms with E-state index in [2.05, 4.69) is 15.5 Å². The minimum absolute atomic E-state index is 0.327. The lowest BCUT2D eigenvalue weighted by Crippen LogP contribution is -2.13. The highest BCUT2D eigenvalue weighted by molar-refractivity contribution is 6.09. The number of hydrogen-bond donors (Lipinski definition) is 2. The van der Waals surface area contributed by atoms with Crippen LogP contribution in [0.5, 0.6) is 11.5 Å². The minimum atomic E-state index is -0.352. The molecule has 0 spiro atoms. The minimum Gasteiger partial charge on any atom is -0.496 e. The van der Waals surface area contributed by atoms with Crippen molar-refractivity contribution in [3.8, 4) is 22.6 Å². The first-order valence-corrected chi connectivity index (χ1v) is 8.87. The Hall–Kier alpha value is -3.87. The van der Waals surface area contributed by atoms with Gasteiger partial charge >= 0.3 is 0 Å². The largest absolute Gasteiger partial charge is 0.496 e. The van der Waals surface area contributed by atoms with Crippen molar-refractivity contribution in [2.45, 2.75) is 0 Å². The number of fused-ring (bicyclic) bond motifs is 1. The second-order valence-electron chi connectivity index (χ2n) is 6.33. The van der Waals surface area contributed by atoms with Gasteiger partial charge in [0.2, 0.25) is 0 Å². The Morgan fingerprint density at radius 2 is 1.79 bits per heavy atom. The molecule has 1 aromatic heterocycles. The van der Waals surface area contributed by atoms with Gasteiger partial charge in [0.1, 0.15) is 17.3 Å². The summed E-state index contributed by atoms with van der Waals surface area (Å²) in [5, 5.41) is 10.6. The van der Waals surface area contributed by atoms with Crippen molar-refractivity contribution in [2.75, 3.05) is 19.5 Å². The van der Waals surface area contributed by atoms with E-state index in [1.165, 1.54) is 26.4 Å². The number of nitrogens with one attached hydrogen (secondary N) is 2. The molecule has 0 saturated heterocycles. The van der Waals surface area contributed by atoms with Crippen LogP contribution in [-0.2, 0) is 0 Å². The number of H-pyrrole nitrogens is 1. The van der Waals surface area contributed by atoms with Crippen LogP contribution in [0.25, 0.3) is 22.0 Å². The number of rotatable bonds is 5. The molecule has 2 N–H and O–H groups in total. The highest BCUT2D eigenvalue weighted by atomic mass is 19.1. The fourth-order valence-electron chi connectivity index (χ4n) is 3.20. The zero-order chi connectivity index (χ0) is 20.4. The second-order valence-corrected chi connectivity index (χ2v) is 6.33. The molecule has 4 aromatic rings. The van der Waals surface area contributed by atoms with Crippen molar-refractivity contribution >= 4 is 22.6 Å². The van der Waals surface area contributed by atoms with E-state index in [1.54, 1.807) is 30.3 Å². The van der Waals surface area contributed by atoms with Gasteiger partial charge in [-0.3, -0.25) is 9.89 Å². The quantitative estimate of drug-likeness (QED) is 0.520. The Morgan fingerprint density at radius 3 is 2.59 bits per heavy atom. The van der Waals surface area contributed by atoms with E-state index in [0.717, 1.165) is 10.9 Å². The Labute approximate surface area is 166 Å². The van der Waals surface area contributed by atoms with Crippen molar-refractivity contribution < 1.29 is 18.7 Å². The summed E-state index contributed by atoms with van der Waals surface area (Å²) < 4.78 is 24.3. The third-order valence-corrected chi connectivity index (χ3v) is 4.62. The number of carbonyl (C=O) groups excluding carboxylic acids is 1. The molecule has 0 atom stereocenters. The molecule has 0 unspecified atom stereocenters. The molecule has 6 nitrogen and oxygen atoms in total. The predicted molar refractivity (Wildman–Crippen MR) is 109 cm³/mol. The van der Waals surface area contributed by atoms with Crippen LogP contribution in [-0.4, -0.2) is 30.3 Å². The normalized spacial score (nSPS) is 10.7. The van der Waals surface area contributed by atoms with Gasteiger partial charge in [0, 0.05) is 10.9 Å². The molecule has 0 radical (unpaired) electrons. The number of anilines is 1. The number of aromatic nitrogens is 2. The summed E-state index contributed by atoms with van der Waals surface area (Å²) in [6, 6.07) is 16.8. The van der Waals surface area contributed by atoms with Crippen LogP contribution in [0, 0.1) is 5.82 Å². The first-order valence-electron chi connectivity index (χ1n) is 8.87. The third-order valence-electron chi connectivity index (χ3n) is 4.62. The number of para-hydroxylation sites is 1. The Morgan fingerprint density at radius 1 is 1.00 bits per heavy atom. The average Bonchev–Trinajstić information content (AvgIpc) is 3.15. The zero-order valence-corrected chi connectivity index (χ0v) is 15.8. The summed E-state index contributed by atoms with van der Waals surface area (Å²) in [6.07, 6.45) is 0. The van der Waals surface area contributed by atoms with E-state index < -0.39 is 0 Å². The van der Waals surface area contributed by atoms with Crippen molar-refractivity contribution in [1.29, 1.82) is 0 Å². The molecule has 1 heterocycles. The summed E-state index contributed by atoms with van der Waals surface area (Å²) in [5.74, 6) is 0.760. The Kier molecular flexibility index (Phi) is 4.87. The smallest absolute Gasteiger partial charge is 0.260 e. The van der Waals surface area contributed by atoms with Crippen molar-refractivity contribution in [3.63, 3.8) is 0 Å². The number of hydrogen-bond acceptors (Lipinski definition) is 4. The Bertz CT molecular complexity index is 1200. The van der Waals surface area contributed by atoms with Crippen LogP contribution >= 0.6 is 0 Å². The molecule has 0 aliphatic heterocycles. The molecule has 0 fully saturated rings. The van der Waals surface area contributed by atoms with Crippen LogP contribution < -0.4 is 14.8 Å². The van der Waals surface area contributed by atoms with Crippen LogP contribution in [0.1, 0.15) is 10.4 Å². The zero-order valence-electron chi connectivity index (χ0n) is 15.8. The molecule has 146 valence electrons. The lowest BCUT2D eigenvalue weighted by atomic mass is 10.0. The maximum Gasteiger partial charge on any atom is 0.260 e. The molecule has 0 saturated carbocycles. The van der Waals surface area contributed by atoms with E-state index in [4.69, 9.17) is 9.47 Å². The first kappa shape index (κ1) is 18.5. The fourth-order valence-corrected chi connectivity index (χ4v) is 3.20. The molecule has 0 bridgehead atoms. The molecule has 3 aromatic carbocycles. The summed E-state index contributed by atoms with van der Waals surface area (Å²) in [6.45, 7) is 0. The lowest BCUT2D eigenvalue weighted by molar-refractivity contribution is 0.102. The SMILES string of the molecule is COc1ccccc1C(=O)Nc1n[nH]c2cc(-c3cc(F)ccc3OC)ccc12. The lowest BCUT2D eigenvalue weighted by Gasteiger charge is -2.09. The number of nitrogens with zero attached hydrogens (tertiary/aromatic N) is 1. The molecule has 0 aliphatic carbocycles. The van der Waals surface area contributed by atoms with Gasteiger partial charge < -0.3 is 14.8 Å². The molecule has 0 aliphatic rings. The topological polar surface area (TPSA) is 76.2 Å². The van der Waals surface area contributed by atoms with E-state index in [1.807, 2.05) is 18.2 Å². The second kappa shape index (κ2) is 7.63. The van der Waals surface area contributed by atoms with Gasteiger partial charge in [-0.25, -0.2) is 4.39 Å². The van der Waals surface area contributed by atoms with E-state index in [-0.39, 0.29) is 11.7 Å². The van der Waals surface area contributed by atoms with E-state index in [9.17, 15) is 9.18 Å². The monoisotopic (exact) mass is 391 g/mol. The number of methoxy groups -OCH3 is 2. The molecule has 29 heavy (non-hydrogen) atoms. The van der Waals surface area contributed by atoms with Gasteiger partial charge in [-0.2, -0.15) is 5.10 Å². The highest BCUT2D eigenvalue weighted by Crippen LogP contribution is 2.33. The molecular weight excluding hydrogens is 373 g/mol. The summed E-state index contributed by atoms with van der Waals surface area (Å²) in [5.41, 5.74) is 2.50. The first-order chi connectivity index (χ1) is 14.1. The molecular formula is C22H18FN3O3. The number of amides is 1. The Balaban J connectivity index is 1.67. The third kappa shape index (κ3) is 3.50. The summed E-state index contributed by atoms with van der Waals surface area (Å²) >= 11 is 0. The molecule has 4 rings (SSSR count). The number of ether oxygens (including phenoxy) is 2. The summed E-state index contributed by atoms with van der Waals surface area (Å²) in [7, 11) is 3.05. The number of halogens is 1. The maximum atomic E-state index is 13.7. The van der Waals surface area contributed by atoms with Gasteiger partial charge in [-0.1, -0.05) is 18.2 Å². The van der Waals surface area contributed by atoms with Gasteiger partial charge in [0.05, 0.1) is 25.3 Å². The maximum absolute atomic E-state index is 13.7. The predicted octanol–water partition coefficient (Wildman–Crippen LogP) is 4.64. The van der Waals surface area contributed by atoms with Crippen molar-refractivity contribution in [2.24, 2.45) is 0 Å². The standard InChI is InChI=1S/C22H18FN3O3/c1-28-19-6-4-3-5-16(19)22(27)24-21-15-9-7-13(11-18(15)25-26-21)17-12-14(23)8-10-20(17)29-2/h3-12H,1-2H3,(H2,24,25,26,27).